The molecule has 2 heterocycles. The average molecular weight is 287 g/mol. The van der Waals surface area contributed by atoms with Gasteiger partial charge in [-0.1, -0.05) is 29.3 Å². The summed E-state index contributed by atoms with van der Waals surface area (Å²) in [5.74, 6) is -0.218. The van der Waals surface area contributed by atoms with Crippen molar-refractivity contribution in [2.24, 2.45) is 0 Å². The quantitative estimate of drug-likeness (QED) is 0.879. The average Bonchev–Trinajstić information content (AvgIpc) is 2.77. The molecule has 2 aromatic rings. The van der Waals surface area contributed by atoms with Crippen LogP contribution in [0.3, 0.4) is 0 Å². The van der Waals surface area contributed by atoms with Gasteiger partial charge in [0.05, 0.1) is 6.54 Å². The van der Waals surface area contributed by atoms with E-state index in [4.69, 9.17) is 23.2 Å². The number of aromatic nitrogens is 1. The first-order chi connectivity index (χ1) is 8.15. The van der Waals surface area contributed by atoms with E-state index in [1.165, 1.54) is 12.1 Å². The number of carbonyl (C=O) groups excluding carboxylic acids is 1. The number of nitrogens with one attached hydrogen (secondary N) is 1. The molecule has 2 rings (SSSR count). The Morgan fingerprint density at radius 1 is 1.35 bits per heavy atom. The van der Waals surface area contributed by atoms with Crippen LogP contribution in [0.5, 0.6) is 0 Å². The number of carbonyl (C=O) groups is 1. The molecule has 0 fully saturated rings. The molecule has 0 spiro atoms. The van der Waals surface area contributed by atoms with E-state index in [1.54, 1.807) is 11.3 Å². The summed E-state index contributed by atoms with van der Waals surface area (Å²) in [6.45, 7) is 0.494. The van der Waals surface area contributed by atoms with Gasteiger partial charge < -0.3 is 5.32 Å². The Morgan fingerprint density at radius 3 is 2.65 bits per heavy atom. The Kier molecular flexibility index (Phi) is 3.99. The van der Waals surface area contributed by atoms with Crippen LogP contribution < -0.4 is 5.32 Å². The van der Waals surface area contributed by atoms with Crippen molar-refractivity contribution in [3.8, 4) is 0 Å². The van der Waals surface area contributed by atoms with Crippen molar-refractivity contribution in [3.05, 3.63) is 50.4 Å². The van der Waals surface area contributed by atoms with Crippen LogP contribution >= 0.6 is 34.5 Å². The van der Waals surface area contributed by atoms with Gasteiger partial charge in [-0.25, -0.2) is 4.98 Å². The van der Waals surface area contributed by atoms with Crippen LogP contribution in [0.15, 0.2) is 29.6 Å². The molecule has 88 valence electrons. The number of pyridine rings is 1. The lowest BCUT2D eigenvalue weighted by Crippen LogP contribution is -2.22. The molecule has 6 heteroatoms. The van der Waals surface area contributed by atoms with E-state index in [-0.39, 0.29) is 16.2 Å². The van der Waals surface area contributed by atoms with Crippen LogP contribution in [-0.2, 0) is 6.54 Å². The van der Waals surface area contributed by atoms with Gasteiger partial charge in [0.25, 0.3) is 5.91 Å². The largest absolute Gasteiger partial charge is 0.347 e. The second-order valence-corrected chi connectivity index (χ2v) is 5.07. The van der Waals surface area contributed by atoms with E-state index < -0.39 is 0 Å². The fraction of sp³-hybridized carbons (Fsp3) is 0.0909. The molecule has 0 radical (unpaired) electrons. The molecular formula is C11H8Cl2N2OS. The Bertz CT molecular complexity index is 508. The minimum absolute atomic E-state index is 0.207. The molecule has 17 heavy (non-hydrogen) atoms. The standard InChI is InChI=1S/C11H8Cl2N2OS/c12-9-4-7(5-10(13)15-9)11(16)14-6-8-2-1-3-17-8/h1-5H,6H2,(H,14,16). The molecular weight excluding hydrogens is 279 g/mol. The fourth-order valence-electron chi connectivity index (χ4n) is 1.28. The second kappa shape index (κ2) is 5.49. The third kappa shape index (κ3) is 3.43. The zero-order chi connectivity index (χ0) is 12.3. The third-order valence-electron chi connectivity index (χ3n) is 2.03. The summed E-state index contributed by atoms with van der Waals surface area (Å²) in [7, 11) is 0. The number of amides is 1. The minimum Gasteiger partial charge on any atom is -0.347 e. The molecule has 1 N–H and O–H groups in total. The molecule has 0 aromatic carbocycles. The van der Waals surface area contributed by atoms with Crippen LogP contribution in [0.25, 0.3) is 0 Å². The fourth-order valence-corrected chi connectivity index (χ4v) is 2.38. The Balaban J connectivity index is 2.04. The monoisotopic (exact) mass is 286 g/mol. The highest BCUT2D eigenvalue weighted by Gasteiger charge is 2.08. The van der Waals surface area contributed by atoms with Gasteiger partial charge in [-0.15, -0.1) is 11.3 Å². The minimum atomic E-state index is -0.218. The summed E-state index contributed by atoms with van der Waals surface area (Å²) in [6, 6.07) is 6.86. The first-order valence-electron chi connectivity index (χ1n) is 4.79. The zero-order valence-electron chi connectivity index (χ0n) is 8.61. The van der Waals surface area contributed by atoms with E-state index in [1.807, 2.05) is 17.5 Å². The normalized spacial score (nSPS) is 10.2. The van der Waals surface area contributed by atoms with Crippen LogP contribution in [-0.4, -0.2) is 10.9 Å². The number of hydrogen-bond donors (Lipinski definition) is 1. The Morgan fingerprint density at radius 2 is 2.06 bits per heavy atom. The van der Waals surface area contributed by atoms with Crippen molar-refractivity contribution in [3.63, 3.8) is 0 Å². The second-order valence-electron chi connectivity index (χ2n) is 3.26. The number of thiophene rings is 1. The molecule has 0 aliphatic rings. The Labute approximate surface area is 112 Å². The van der Waals surface area contributed by atoms with Gasteiger partial charge in [-0.05, 0) is 23.6 Å². The molecule has 1 amide bonds. The number of hydrogen-bond acceptors (Lipinski definition) is 3. The highest BCUT2D eigenvalue weighted by atomic mass is 35.5. The molecule has 0 aliphatic heterocycles. The zero-order valence-corrected chi connectivity index (χ0v) is 10.9. The summed E-state index contributed by atoms with van der Waals surface area (Å²) in [5.41, 5.74) is 0.409. The maximum atomic E-state index is 11.8. The van der Waals surface area contributed by atoms with E-state index in [0.29, 0.717) is 12.1 Å². The summed E-state index contributed by atoms with van der Waals surface area (Å²) in [5, 5.41) is 5.16. The summed E-state index contributed by atoms with van der Waals surface area (Å²) in [6.07, 6.45) is 0. The lowest BCUT2D eigenvalue weighted by molar-refractivity contribution is 0.0951. The van der Waals surface area contributed by atoms with Crippen LogP contribution in [0.1, 0.15) is 15.2 Å². The molecule has 0 unspecified atom stereocenters. The summed E-state index contributed by atoms with van der Waals surface area (Å²) < 4.78 is 0. The summed E-state index contributed by atoms with van der Waals surface area (Å²) >= 11 is 13.0. The van der Waals surface area contributed by atoms with E-state index >= 15 is 0 Å². The van der Waals surface area contributed by atoms with Gasteiger partial charge in [0.2, 0.25) is 0 Å². The van der Waals surface area contributed by atoms with Crippen molar-refractivity contribution in [2.75, 3.05) is 0 Å². The van der Waals surface area contributed by atoms with Crippen LogP contribution in [0.4, 0.5) is 0 Å². The predicted molar refractivity (Wildman–Crippen MR) is 69.7 cm³/mol. The maximum Gasteiger partial charge on any atom is 0.251 e. The lowest BCUT2D eigenvalue weighted by atomic mass is 10.2. The maximum absolute atomic E-state index is 11.8. The molecule has 2 aromatic heterocycles. The number of nitrogens with zero attached hydrogens (tertiary/aromatic N) is 1. The smallest absolute Gasteiger partial charge is 0.251 e. The van der Waals surface area contributed by atoms with Crippen molar-refractivity contribution in [1.29, 1.82) is 0 Å². The SMILES string of the molecule is O=C(NCc1cccs1)c1cc(Cl)nc(Cl)c1. The predicted octanol–water partition coefficient (Wildman–Crippen LogP) is 3.38. The van der Waals surface area contributed by atoms with Crippen molar-refractivity contribution < 1.29 is 4.79 Å². The van der Waals surface area contributed by atoms with Gasteiger partial charge >= 0.3 is 0 Å². The van der Waals surface area contributed by atoms with Gasteiger partial charge in [0.1, 0.15) is 10.3 Å². The highest BCUT2D eigenvalue weighted by molar-refractivity contribution is 7.09. The van der Waals surface area contributed by atoms with Crippen LogP contribution in [0.2, 0.25) is 10.3 Å². The van der Waals surface area contributed by atoms with Crippen molar-refractivity contribution in [1.82, 2.24) is 10.3 Å². The lowest BCUT2D eigenvalue weighted by Gasteiger charge is -2.04. The third-order valence-corrected chi connectivity index (χ3v) is 3.29. The molecule has 0 saturated heterocycles. The first-order valence-corrected chi connectivity index (χ1v) is 6.42. The van der Waals surface area contributed by atoms with Crippen molar-refractivity contribution in [2.45, 2.75) is 6.54 Å². The molecule has 0 atom stereocenters. The van der Waals surface area contributed by atoms with E-state index in [9.17, 15) is 4.79 Å². The molecule has 3 nitrogen and oxygen atoms in total. The molecule has 0 bridgehead atoms. The van der Waals surface area contributed by atoms with Gasteiger partial charge in [0.15, 0.2) is 0 Å². The van der Waals surface area contributed by atoms with Crippen molar-refractivity contribution >= 4 is 40.4 Å². The topological polar surface area (TPSA) is 42.0 Å². The molecule has 0 saturated carbocycles. The first kappa shape index (κ1) is 12.4. The summed E-state index contributed by atoms with van der Waals surface area (Å²) in [4.78, 5) is 16.7. The molecule has 0 aliphatic carbocycles. The Hall–Kier alpha value is -1.10. The van der Waals surface area contributed by atoms with Gasteiger partial charge in [0, 0.05) is 10.4 Å². The number of rotatable bonds is 3. The van der Waals surface area contributed by atoms with E-state index in [0.717, 1.165) is 4.88 Å². The highest BCUT2D eigenvalue weighted by Crippen LogP contribution is 2.15. The number of halogens is 2. The van der Waals surface area contributed by atoms with Gasteiger partial charge in [-0.2, -0.15) is 0 Å². The van der Waals surface area contributed by atoms with E-state index in [2.05, 4.69) is 10.3 Å². The van der Waals surface area contributed by atoms with Crippen LogP contribution in [0, 0.1) is 0 Å². The van der Waals surface area contributed by atoms with Gasteiger partial charge in [-0.3, -0.25) is 4.79 Å².